The Morgan fingerprint density at radius 2 is 2.22 bits per heavy atom. The summed E-state index contributed by atoms with van der Waals surface area (Å²) in [5.41, 5.74) is 6.49. The van der Waals surface area contributed by atoms with Crippen molar-refractivity contribution in [3.8, 4) is 0 Å². The third-order valence-corrected chi connectivity index (χ3v) is 4.26. The molecule has 3 unspecified atom stereocenters. The van der Waals surface area contributed by atoms with E-state index in [0.717, 1.165) is 18.4 Å². The predicted octanol–water partition coefficient (Wildman–Crippen LogP) is 0.282. The number of nitrogens with zero attached hydrogens (tertiary/aromatic N) is 3. The maximum absolute atomic E-state index is 12.5. The highest BCUT2D eigenvalue weighted by atomic mass is 16.2. The lowest BCUT2D eigenvalue weighted by Crippen LogP contribution is -2.52. The van der Waals surface area contributed by atoms with Gasteiger partial charge in [-0.15, -0.1) is 0 Å². The van der Waals surface area contributed by atoms with Crippen LogP contribution in [0.3, 0.4) is 0 Å². The lowest BCUT2D eigenvalue weighted by Gasteiger charge is -2.33. The van der Waals surface area contributed by atoms with Crippen LogP contribution in [0.2, 0.25) is 0 Å². The molecule has 1 aromatic heterocycles. The molecule has 1 saturated heterocycles. The summed E-state index contributed by atoms with van der Waals surface area (Å²) in [7, 11) is 0. The standard InChI is InChI=1S/C16H27N5O2/c1-11-7-18-21(8-11)9-12(2)19-13(3)16(23)20-6-4-5-14(10-20)15(17)22/h7-8,12-14,19H,4-6,9-10H2,1-3H3,(H2,17,22). The summed E-state index contributed by atoms with van der Waals surface area (Å²) in [4.78, 5) is 25.6. The topological polar surface area (TPSA) is 93.2 Å². The second-order valence-corrected chi connectivity index (χ2v) is 6.55. The van der Waals surface area contributed by atoms with Gasteiger partial charge < -0.3 is 16.0 Å². The zero-order valence-corrected chi connectivity index (χ0v) is 14.2. The van der Waals surface area contributed by atoms with Gasteiger partial charge in [0.05, 0.1) is 24.7 Å². The fraction of sp³-hybridized carbons (Fsp3) is 0.688. The first-order valence-electron chi connectivity index (χ1n) is 8.20. The third-order valence-electron chi connectivity index (χ3n) is 4.26. The van der Waals surface area contributed by atoms with Crippen LogP contribution in [0.1, 0.15) is 32.3 Å². The first kappa shape index (κ1) is 17.5. The van der Waals surface area contributed by atoms with Crippen LogP contribution in [0.5, 0.6) is 0 Å². The Labute approximate surface area is 137 Å². The van der Waals surface area contributed by atoms with Crippen LogP contribution in [0.4, 0.5) is 0 Å². The molecule has 0 saturated carbocycles. The zero-order valence-electron chi connectivity index (χ0n) is 14.2. The maximum atomic E-state index is 12.5. The van der Waals surface area contributed by atoms with Crippen LogP contribution in [-0.2, 0) is 16.1 Å². The van der Waals surface area contributed by atoms with Crippen molar-refractivity contribution in [3.05, 3.63) is 18.0 Å². The van der Waals surface area contributed by atoms with E-state index in [1.165, 1.54) is 0 Å². The van der Waals surface area contributed by atoms with Crippen LogP contribution >= 0.6 is 0 Å². The number of nitrogens with one attached hydrogen (secondary N) is 1. The first-order chi connectivity index (χ1) is 10.9. The predicted molar refractivity (Wildman–Crippen MR) is 87.5 cm³/mol. The van der Waals surface area contributed by atoms with Crippen LogP contribution in [-0.4, -0.2) is 51.7 Å². The summed E-state index contributed by atoms with van der Waals surface area (Å²) in [5.74, 6) is -0.505. The number of carbonyl (C=O) groups excluding carboxylic acids is 2. The highest BCUT2D eigenvalue weighted by Gasteiger charge is 2.29. The van der Waals surface area contributed by atoms with Crippen molar-refractivity contribution in [2.45, 2.75) is 52.2 Å². The van der Waals surface area contributed by atoms with Gasteiger partial charge in [0, 0.05) is 25.3 Å². The highest BCUT2D eigenvalue weighted by Crippen LogP contribution is 2.16. The van der Waals surface area contributed by atoms with Crippen molar-refractivity contribution >= 4 is 11.8 Å². The number of rotatable bonds is 6. The number of hydrogen-bond acceptors (Lipinski definition) is 4. The van der Waals surface area contributed by atoms with E-state index in [4.69, 9.17) is 5.73 Å². The van der Waals surface area contributed by atoms with Crippen LogP contribution < -0.4 is 11.1 Å². The fourth-order valence-corrected chi connectivity index (χ4v) is 3.08. The Kier molecular flexibility index (Phi) is 5.76. The molecule has 0 spiro atoms. The molecule has 2 heterocycles. The van der Waals surface area contributed by atoms with E-state index in [-0.39, 0.29) is 29.8 Å². The smallest absolute Gasteiger partial charge is 0.239 e. The van der Waals surface area contributed by atoms with Crippen LogP contribution in [0.15, 0.2) is 12.4 Å². The number of piperidine rings is 1. The number of likely N-dealkylation sites (tertiary alicyclic amines) is 1. The van der Waals surface area contributed by atoms with Crippen molar-refractivity contribution in [1.82, 2.24) is 20.0 Å². The average molecular weight is 321 g/mol. The van der Waals surface area contributed by atoms with Gasteiger partial charge in [-0.1, -0.05) is 0 Å². The molecule has 1 aromatic rings. The van der Waals surface area contributed by atoms with E-state index in [1.54, 1.807) is 4.90 Å². The molecule has 1 aliphatic rings. The second kappa shape index (κ2) is 7.59. The molecular formula is C16H27N5O2. The minimum atomic E-state index is -0.314. The SMILES string of the molecule is Cc1cnn(CC(C)NC(C)C(=O)N2CCCC(C(N)=O)C2)c1. The lowest BCUT2D eigenvalue weighted by atomic mass is 9.97. The molecule has 7 nitrogen and oxygen atoms in total. The number of aromatic nitrogens is 2. The van der Waals surface area contributed by atoms with E-state index in [0.29, 0.717) is 19.6 Å². The molecule has 2 amide bonds. The van der Waals surface area contributed by atoms with Crippen molar-refractivity contribution < 1.29 is 9.59 Å². The van der Waals surface area contributed by atoms with Crippen molar-refractivity contribution in [2.24, 2.45) is 11.7 Å². The molecule has 3 atom stereocenters. The lowest BCUT2D eigenvalue weighted by molar-refractivity contribution is -0.136. The summed E-state index contributed by atoms with van der Waals surface area (Å²) in [6.45, 7) is 7.73. The molecule has 128 valence electrons. The summed E-state index contributed by atoms with van der Waals surface area (Å²) >= 11 is 0. The molecule has 0 aliphatic carbocycles. The molecule has 0 aromatic carbocycles. The second-order valence-electron chi connectivity index (χ2n) is 6.55. The Bertz CT molecular complexity index is 556. The average Bonchev–Trinajstić information content (AvgIpc) is 2.91. The Balaban J connectivity index is 1.85. The minimum Gasteiger partial charge on any atom is -0.369 e. The largest absolute Gasteiger partial charge is 0.369 e. The van der Waals surface area contributed by atoms with Gasteiger partial charge >= 0.3 is 0 Å². The summed E-state index contributed by atoms with van der Waals surface area (Å²) < 4.78 is 1.87. The highest BCUT2D eigenvalue weighted by molar-refractivity contribution is 5.83. The van der Waals surface area contributed by atoms with Gasteiger partial charge in [0.25, 0.3) is 0 Å². The van der Waals surface area contributed by atoms with Crippen LogP contribution in [0.25, 0.3) is 0 Å². The van der Waals surface area contributed by atoms with Gasteiger partial charge in [0.15, 0.2) is 0 Å². The van der Waals surface area contributed by atoms with Crippen LogP contribution in [0, 0.1) is 12.8 Å². The van der Waals surface area contributed by atoms with E-state index in [1.807, 2.05) is 37.8 Å². The molecule has 7 heteroatoms. The maximum Gasteiger partial charge on any atom is 0.239 e. The Morgan fingerprint density at radius 3 is 2.83 bits per heavy atom. The quantitative estimate of drug-likeness (QED) is 0.787. The zero-order chi connectivity index (χ0) is 17.0. The van der Waals surface area contributed by atoms with Gasteiger partial charge in [0.2, 0.25) is 11.8 Å². The molecule has 0 bridgehead atoms. The van der Waals surface area contributed by atoms with Crippen molar-refractivity contribution in [1.29, 1.82) is 0 Å². The normalized spacial score (nSPS) is 21.0. The Morgan fingerprint density at radius 1 is 1.48 bits per heavy atom. The van der Waals surface area contributed by atoms with Crippen molar-refractivity contribution in [3.63, 3.8) is 0 Å². The van der Waals surface area contributed by atoms with Gasteiger partial charge in [-0.25, -0.2) is 0 Å². The van der Waals surface area contributed by atoms with E-state index < -0.39 is 0 Å². The van der Waals surface area contributed by atoms with E-state index in [9.17, 15) is 9.59 Å². The van der Waals surface area contributed by atoms with Gasteiger partial charge in [-0.05, 0) is 39.2 Å². The molecule has 1 fully saturated rings. The molecule has 1 aliphatic heterocycles. The first-order valence-corrected chi connectivity index (χ1v) is 8.20. The summed E-state index contributed by atoms with van der Waals surface area (Å²) in [6.07, 6.45) is 5.40. The molecule has 0 radical (unpaired) electrons. The number of hydrogen-bond donors (Lipinski definition) is 2. The molecule has 2 rings (SSSR count). The molecular weight excluding hydrogens is 294 g/mol. The fourth-order valence-electron chi connectivity index (χ4n) is 3.08. The summed E-state index contributed by atoms with van der Waals surface area (Å²) in [5, 5.41) is 7.57. The third kappa shape index (κ3) is 4.79. The molecule has 3 N–H and O–H groups in total. The Hall–Kier alpha value is -1.89. The number of nitrogens with two attached hydrogens (primary N) is 1. The monoisotopic (exact) mass is 321 g/mol. The van der Waals surface area contributed by atoms with Gasteiger partial charge in [-0.2, -0.15) is 5.10 Å². The number of aryl methyl sites for hydroxylation is 1. The van der Waals surface area contributed by atoms with Crippen molar-refractivity contribution in [2.75, 3.05) is 13.1 Å². The van der Waals surface area contributed by atoms with E-state index >= 15 is 0 Å². The number of amides is 2. The van der Waals surface area contributed by atoms with Gasteiger partial charge in [-0.3, -0.25) is 14.3 Å². The number of primary amides is 1. The van der Waals surface area contributed by atoms with E-state index in [2.05, 4.69) is 10.4 Å². The molecule has 23 heavy (non-hydrogen) atoms. The minimum absolute atomic E-state index is 0.0273. The summed E-state index contributed by atoms with van der Waals surface area (Å²) in [6, 6.07) is -0.182. The van der Waals surface area contributed by atoms with Gasteiger partial charge in [0.1, 0.15) is 0 Å². The number of carbonyl (C=O) groups is 2.